The molecule has 1 aromatic heterocycles. The molecule has 3 N–H and O–H groups in total. The largest absolute Gasteiger partial charge is 0.383 e. The average molecular weight is 307 g/mol. The van der Waals surface area contributed by atoms with Crippen LogP contribution in [0.1, 0.15) is 13.8 Å². The highest BCUT2D eigenvalue weighted by molar-refractivity contribution is 5.88. The van der Waals surface area contributed by atoms with Crippen molar-refractivity contribution in [3.8, 4) is 0 Å². The molecular weight excluding hydrogens is 282 g/mol. The number of nitrogens with one attached hydrogen (secondary N) is 3. The molecule has 2 amide bonds. The zero-order valence-corrected chi connectivity index (χ0v) is 13.3. The molecule has 1 aliphatic heterocycles. The first-order valence-corrected chi connectivity index (χ1v) is 7.71. The molecule has 0 atom stereocenters. The molecule has 1 aliphatic rings. The van der Waals surface area contributed by atoms with Gasteiger partial charge in [-0.2, -0.15) is 0 Å². The molecule has 2 rings (SSSR count). The van der Waals surface area contributed by atoms with E-state index in [1.807, 2.05) is 19.9 Å². The monoisotopic (exact) mass is 307 g/mol. The third kappa shape index (κ3) is 5.87. The maximum Gasteiger partial charge on any atom is 0.320 e. The zero-order valence-electron chi connectivity index (χ0n) is 13.3. The molecule has 0 saturated carbocycles. The molecule has 1 aromatic rings. The number of amides is 2. The van der Waals surface area contributed by atoms with Crippen LogP contribution in [0.2, 0.25) is 0 Å². The second kappa shape index (κ2) is 8.55. The SMILES string of the molecule is CC(C)NC(=O)Nc1ccc(NCCN2CCOCC2)cn1. The minimum Gasteiger partial charge on any atom is -0.383 e. The van der Waals surface area contributed by atoms with Crippen molar-refractivity contribution in [2.75, 3.05) is 50.0 Å². The fourth-order valence-corrected chi connectivity index (χ4v) is 2.17. The van der Waals surface area contributed by atoms with Gasteiger partial charge in [0.2, 0.25) is 0 Å². The minimum atomic E-state index is -0.240. The second-order valence-electron chi connectivity index (χ2n) is 5.57. The summed E-state index contributed by atoms with van der Waals surface area (Å²) >= 11 is 0. The summed E-state index contributed by atoms with van der Waals surface area (Å²) in [7, 11) is 0. The Morgan fingerprint density at radius 3 is 2.77 bits per heavy atom. The molecule has 0 bridgehead atoms. The van der Waals surface area contributed by atoms with Gasteiger partial charge in [-0.15, -0.1) is 0 Å². The van der Waals surface area contributed by atoms with E-state index in [0.29, 0.717) is 5.82 Å². The van der Waals surface area contributed by atoms with E-state index in [1.54, 1.807) is 12.3 Å². The molecule has 122 valence electrons. The number of rotatable bonds is 6. The summed E-state index contributed by atoms with van der Waals surface area (Å²) in [5.74, 6) is 0.539. The van der Waals surface area contributed by atoms with E-state index in [2.05, 4.69) is 25.8 Å². The maximum atomic E-state index is 11.6. The number of hydrogen-bond acceptors (Lipinski definition) is 5. The van der Waals surface area contributed by atoms with Crippen LogP contribution in [0.25, 0.3) is 0 Å². The Labute approximate surface area is 131 Å². The van der Waals surface area contributed by atoms with Gasteiger partial charge in [-0.1, -0.05) is 0 Å². The number of pyridine rings is 1. The number of anilines is 2. The number of nitrogens with zero attached hydrogens (tertiary/aromatic N) is 2. The molecule has 0 unspecified atom stereocenters. The van der Waals surface area contributed by atoms with Crippen molar-refractivity contribution < 1.29 is 9.53 Å². The van der Waals surface area contributed by atoms with Crippen LogP contribution < -0.4 is 16.0 Å². The van der Waals surface area contributed by atoms with Crippen molar-refractivity contribution in [3.63, 3.8) is 0 Å². The highest BCUT2D eigenvalue weighted by Gasteiger charge is 2.09. The molecule has 1 saturated heterocycles. The van der Waals surface area contributed by atoms with Crippen molar-refractivity contribution in [3.05, 3.63) is 18.3 Å². The lowest BCUT2D eigenvalue weighted by molar-refractivity contribution is 0.0398. The smallest absolute Gasteiger partial charge is 0.320 e. The Morgan fingerprint density at radius 1 is 1.36 bits per heavy atom. The third-order valence-corrected chi connectivity index (χ3v) is 3.29. The topological polar surface area (TPSA) is 78.5 Å². The van der Waals surface area contributed by atoms with Crippen molar-refractivity contribution >= 4 is 17.5 Å². The highest BCUT2D eigenvalue weighted by Crippen LogP contribution is 2.09. The van der Waals surface area contributed by atoms with Gasteiger partial charge in [0, 0.05) is 32.2 Å². The van der Waals surface area contributed by atoms with Gasteiger partial charge in [-0.25, -0.2) is 9.78 Å². The van der Waals surface area contributed by atoms with Gasteiger partial charge in [0.15, 0.2) is 0 Å². The molecule has 0 aromatic carbocycles. The van der Waals surface area contributed by atoms with Crippen molar-refractivity contribution in [2.24, 2.45) is 0 Å². The minimum absolute atomic E-state index is 0.0983. The average Bonchev–Trinajstić information content (AvgIpc) is 2.49. The Morgan fingerprint density at radius 2 is 2.14 bits per heavy atom. The highest BCUT2D eigenvalue weighted by atomic mass is 16.5. The van der Waals surface area contributed by atoms with Crippen molar-refractivity contribution in [1.82, 2.24) is 15.2 Å². The van der Waals surface area contributed by atoms with Gasteiger partial charge in [0.1, 0.15) is 5.82 Å². The second-order valence-corrected chi connectivity index (χ2v) is 5.57. The van der Waals surface area contributed by atoms with Gasteiger partial charge in [-0.3, -0.25) is 10.2 Å². The molecule has 0 radical (unpaired) electrons. The third-order valence-electron chi connectivity index (χ3n) is 3.29. The van der Waals surface area contributed by atoms with Crippen LogP contribution in [0.4, 0.5) is 16.3 Å². The van der Waals surface area contributed by atoms with Crippen molar-refractivity contribution in [1.29, 1.82) is 0 Å². The van der Waals surface area contributed by atoms with Crippen LogP contribution >= 0.6 is 0 Å². The van der Waals surface area contributed by atoms with Gasteiger partial charge < -0.3 is 15.4 Å². The molecule has 7 nitrogen and oxygen atoms in total. The first kappa shape index (κ1) is 16.5. The fraction of sp³-hybridized carbons (Fsp3) is 0.600. The summed E-state index contributed by atoms with van der Waals surface area (Å²) in [4.78, 5) is 18.2. The predicted octanol–water partition coefficient (Wildman–Crippen LogP) is 1.36. The van der Waals surface area contributed by atoms with Crippen LogP contribution in [0, 0.1) is 0 Å². The Kier molecular flexibility index (Phi) is 6.42. The molecule has 0 aliphatic carbocycles. The number of carbonyl (C=O) groups is 1. The lowest BCUT2D eigenvalue weighted by Gasteiger charge is -2.26. The van der Waals surface area contributed by atoms with Crippen LogP contribution in [0.3, 0.4) is 0 Å². The standard InChI is InChI=1S/C15H25N5O2/c1-12(2)18-15(21)19-14-4-3-13(11-17-14)16-5-6-20-7-9-22-10-8-20/h3-4,11-12,16H,5-10H2,1-2H3,(H2,17,18,19,21). The van der Waals surface area contributed by atoms with Crippen LogP contribution in [0.5, 0.6) is 0 Å². The lowest BCUT2D eigenvalue weighted by atomic mass is 10.3. The normalized spacial score (nSPS) is 15.6. The number of ether oxygens (including phenoxy) is 1. The molecule has 7 heteroatoms. The van der Waals surface area contributed by atoms with E-state index in [1.165, 1.54) is 0 Å². The number of urea groups is 1. The van der Waals surface area contributed by atoms with Gasteiger partial charge in [0.25, 0.3) is 0 Å². The zero-order chi connectivity index (χ0) is 15.8. The summed E-state index contributed by atoms with van der Waals surface area (Å²) in [5.41, 5.74) is 0.947. The van der Waals surface area contributed by atoms with Crippen molar-refractivity contribution in [2.45, 2.75) is 19.9 Å². The first-order chi connectivity index (χ1) is 10.6. The quantitative estimate of drug-likeness (QED) is 0.739. The van der Waals surface area contributed by atoms with E-state index < -0.39 is 0 Å². The molecule has 0 spiro atoms. The molecule has 22 heavy (non-hydrogen) atoms. The van der Waals surface area contributed by atoms with Crippen LogP contribution in [-0.4, -0.2) is 61.3 Å². The molecular formula is C15H25N5O2. The maximum absolute atomic E-state index is 11.6. The van der Waals surface area contributed by atoms with Crippen LogP contribution in [0.15, 0.2) is 18.3 Å². The fourth-order valence-electron chi connectivity index (χ4n) is 2.17. The van der Waals surface area contributed by atoms with E-state index in [9.17, 15) is 4.79 Å². The van der Waals surface area contributed by atoms with Gasteiger partial charge in [-0.05, 0) is 26.0 Å². The van der Waals surface area contributed by atoms with E-state index >= 15 is 0 Å². The van der Waals surface area contributed by atoms with E-state index in [4.69, 9.17) is 4.74 Å². The first-order valence-electron chi connectivity index (χ1n) is 7.71. The predicted molar refractivity (Wildman–Crippen MR) is 87.3 cm³/mol. The van der Waals surface area contributed by atoms with E-state index in [-0.39, 0.29) is 12.1 Å². The Bertz CT molecular complexity index is 458. The summed E-state index contributed by atoms with van der Waals surface area (Å²) in [6.07, 6.45) is 1.73. The summed E-state index contributed by atoms with van der Waals surface area (Å²) < 4.78 is 5.32. The lowest BCUT2D eigenvalue weighted by Crippen LogP contribution is -2.39. The summed E-state index contributed by atoms with van der Waals surface area (Å²) in [6, 6.07) is 3.56. The number of aromatic nitrogens is 1. The molecule has 1 fully saturated rings. The van der Waals surface area contributed by atoms with Gasteiger partial charge >= 0.3 is 6.03 Å². The van der Waals surface area contributed by atoms with Gasteiger partial charge in [0.05, 0.1) is 25.1 Å². The van der Waals surface area contributed by atoms with Crippen LogP contribution in [-0.2, 0) is 4.74 Å². The number of hydrogen-bond donors (Lipinski definition) is 3. The molecule has 2 heterocycles. The Hall–Kier alpha value is -1.86. The number of carbonyl (C=O) groups excluding carboxylic acids is 1. The number of morpholine rings is 1. The van der Waals surface area contributed by atoms with E-state index in [0.717, 1.165) is 45.1 Å². The summed E-state index contributed by atoms with van der Waals surface area (Å²) in [6.45, 7) is 9.30. The summed E-state index contributed by atoms with van der Waals surface area (Å²) in [5, 5.41) is 8.78. The Balaban J connectivity index is 1.70.